The van der Waals surface area contributed by atoms with E-state index in [-0.39, 0.29) is 12.3 Å². The summed E-state index contributed by atoms with van der Waals surface area (Å²) in [6.07, 6.45) is 1.81. The Balaban J connectivity index is 1.95. The molecule has 1 saturated heterocycles. The van der Waals surface area contributed by atoms with Gasteiger partial charge >= 0.3 is 0 Å². The molecule has 1 aliphatic heterocycles. The number of hydrogen-bond donors (Lipinski definition) is 1. The number of aliphatic imine (C=N–C) groups is 1. The van der Waals surface area contributed by atoms with Gasteiger partial charge in [-0.2, -0.15) is 0 Å². The first-order valence-electron chi connectivity index (χ1n) is 9.16. The maximum Gasteiger partial charge on any atom is 0.194 e. The van der Waals surface area contributed by atoms with Crippen molar-refractivity contribution < 1.29 is 8.42 Å². The maximum absolute atomic E-state index is 12.3. The third kappa shape index (κ3) is 5.33. The van der Waals surface area contributed by atoms with Crippen LogP contribution in [0.4, 0.5) is 5.82 Å². The second-order valence-electron chi connectivity index (χ2n) is 7.33. The molecule has 0 aromatic carbocycles. The predicted molar refractivity (Wildman–Crippen MR) is 108 cm³/mol. The van der Waals surface area contributed by atoms with E-state index in [1.165, 1.54) is 0 Å². The van der Waals surface area contributed by atoms with Crippen molar-refractivity contribution in [1.82, 2.24) is 15.2 Å². The van der Waals surface area contributed by atoms with E-state index in [0.717, 1.165) is 44.5 Å². The fraction of sp³-hybridized carbons (Fsp3) is 0.667. The van der Waals surface area contributed by atoms with Gasteiger partial charge < -0.3 is 15.1 Å². The summed E-state index contributed by atoms with van der Waals surface area (Å²) in [6, 6.07) is 5.93. The van der Waals surface area contributed by atoms with Crippen LogP contribution in [-0.2, 0) is 9.84 Å². The Hall–Kier alpha value is -1.83. The highest BCUT2D eigenvalue weighted by atomic mass is 32.2. The summed E-state index contributed by atoms with van der Waals surface area (Å²) in [7, 11) is -3.15. The summed E-state index contributed by atoms with van der Waals surface area (Å²) in [5.41, 5.74) is 0. The van der Waals surface area contributed by atoms with Crippen molar-refractivity contribution in [1.29, 1.82) is 0 Å². The molecule has 1 N–H and O–H groups in total. The zero-order valence-electron chi connectivity index (χ0n) is 16.3. The molecule has 2 rings (SSSR count). The standard InChI is InChI=1S/C18H31N5O2S/c1-5-19-17(21-10-15-26(24,25)18(2,3)4)23-13-11-22(12-14-23)16-8-6-7-9-20-16/h6-9H,5,10-15H2,1-4H3,(H,19,21). The highest BCUT2D eigenvalue weighted by Gasteiger charge is 2.28. The SMILES string of the molecule is CCNC(=NCCS(=O)(=O)C(C)(C)C)N1CCN(c2ccccn2)CC1. The van der Waals surface area contributed by atoms with Crippen molar-refractivity contribution in [2.45, 2.75) is 32.4 Å². The first-order chi connectivity index (χ1) is 12.2. The smallest absolute Gasteiger partial charge is 0.194 e. The van der Waals surface area contributed by atoms with Crippen LogP contribution >= 0.6 is 0 Å². The van der Waals surface area contributed by atoms with Crippen molar-refractivity contribution in [3.63, 3.8) is 0 Å². The molecule has 0 unspecified atom stereocenters. The van der Waals surface area contributed by atoms with Crippen LogP contribution in [-0.4, -0.2) is 74.0 Å². The molecule has 0 saturated carbocycles. The number of rotatable bonds is 5. The Bertz CT molecular complexity index is 690. The molecule has 1 fully saturated rings. The summed E-state index contributed by atoms with van der Waals surface area (Å²) < 4.78 is 23.8. The lowest BCUT2D eigenvalue weighted by molar-refractivity contribution is 0.372. The molecule has 146 valence electrons. The number of sulfone groups is 1. The average molecular weight is 382 g/mol. The molecular weight excluding hydrogens is 350 g/mol. The van der Waals surface area contributed by atoms with Gasteiger partial charge in [-0.1, -0.05) is 6.07 Å². The van der Waals surface area contributed by atoms with Crippen LogP contribution < -0.4 is 10.2 Å². The fourth-order valence-electron chi connectivity index (χ4n) is 2.69. The quantitative estimate of drug-likeness (QED) is 0.613. The van der Waals surface area contributed by atoms with E-state index >= 15 is 0 Å². The second-order valence-corrected chi connectivity index (χ2v) is 10.2. The summed E-state index contributed by atoms with van der Waals surface area (Å²) in [5, 5.41) is 3.28. The zero-order valence-corrected chi connectivity index (χ0v) is 17.1. The van der Waals surface area contributed by atoms with Crippen LogP contribution in [0.25, 0.3) is 0 Å². The van der Waals surface area contributed by atoms with E-state index in [1.807, 2.05) is 31.3 Å². The van der Waals surface area contributed by atoms with Crippen molar-refractivity contribution >= 4 is 21.6 Å². The number of anilines is 1. The Kier molecular flexibility index (Phi) is 6.86. The minimum Gasteiger partial charge on any atom is -0.357 e. The molecule has 1 aliphatic rings. The molecule has 0 radical (unpaired) electrons. The predicted octanol–water partition coefficient (Wildman–Crippen LogP) is 1.38. The van der Waals surface area contributed by atoms with Gasteiger partial charge in [0.15, 0.2) is 15.8 Å². The molecule has 0 spiro atoms. The molecular formula is C18H31N5O2S. The van der Waals surface area contributed by atoms with Gasteiger partial charge in [0.1, 0.15) is 5.82 Å². The van der Waals surface area contributed by atoms with E-state index < -0.39 is 14.6 Å². The van der Waals surface area contributed by atoms with Crippen LogP contribution in [0.5, 0.6) is 0 Å². The Labute approximate surface area is 157 Å². The number of nitrogens with one attached hydrogen (secondary N) is 1. The third-order valence-corrected chi connectivity index (χ3v) is 7.03. The summed E-state index contributed by atoms with van der Waals surface area (Å²) >= 11 is 0. The van der Waals surface area contributed by atoms with Gasteiger partial charge in [-0.3, -0.25) is 4.99 Å². The number of nitrogens with zero attached hydrogens (tertiary/aromatic N) is 4. The summed E-state index contributed by atoms with van der Waals surface area (Å²) in [5.74, 6) is 1.85. The lowest BCUT2D eigenvalue weighted by Gasteiger charge is -2.37. The van der Waals surface area contributed by atoms with Gasteiger partial charge in [-0.05, 0) is 39.8 Å². The molecule has 1 aromatic rings. The molecule has 7 nitrogen and oxygen atoms in total. The largest absolute Gasteiger partial charge is 0.357 e. The third-order valence-electron chi connectivity index (χ3n) is 4.44. The number of pyridine rings is 1. The molecule has 0 amide bonds. The lowest BCUT2D eigenvalue weighted by atomic mass is 10.3. The fourth-order valence-corrected chi connectivity index (χ4v) is 3.64. The first-order valence-corrected chi connectivity index (χ1v) is 10.8. The van der Waals surface area contributed by atoms with E-state index in [0.29, 0.717) is 0 Å². The lowest BCUT2D eigenvalue weighted by Crippen LogP contribution is -2.52. The van der Waals surface area contributed by atoms with Crippen molar-refractivity contribution in [3.05, 3.63) is 24.4 Å². The second kappa shape index (κ2) is 8.70. The van der Waals surface area contributed by atoms with Gasteiger partial charge in [0, 0.05) is 38.9 Å². The minimum absolute atomic E-state index is 0.0687. The normalized spacial score (nSPS) is 16.7. The zero-order chi connectivity index (χ0) is 19.2. The van der Waals surface area contributed by atoms with Gasteiger partial charge in [0.05, 0.1) is 17.0 Å². The van der Waals surface area contributed by atoms with E-state index in [4.69, 9.17) is 0 Å². The van der Waals surface area contributed by atoms with Crippen LogP contribution in [0.1, 0.15) is 27.7 Å². The van der Waals surface area contributed by atoms with Crippen LogP contribution in [0.15, 0.2) is 29.4 Å². The molecule has 0 atom stereocenters. The van der Waals surface area contributed by atoms with Crippen LogP contribution in [0.3, 0.4) is 0 Å². The Morgan fingerprint density at radius 2 is 1.92 bits per heavy atom. The van der Waals surface area contributed by atoms with Crippen LogP contribution in [0, 0.1) is 0 Å². The summed E-state index contributed by atoms with van der Waals surface area (Å²) in [6.45, 7) is 11.6. The van der Waals surface area contributed by atoms with E-state index in [2.05, 4.69) is 25.1 Å². The highest BCUT2D eigenvalue weighted by molar-refractivity contribution is 7.92. The van der Waals surface area contributed by atoms with Crippen molar-refractivity contribution in [3.8, 4) is 0 Å². The van der Waals surface area contributed by atoms with Crippen molar-refractivity contribution in [2.75, 3.05) is 49.9 Å². The summed E-state index contributed by atoms with van der Waals surface area (Å²) in [4.78, 5) is 13.4. The first kappa shape index (κ1) is 20.5. The molecule has 26 heavy (non-hydrogen) atoms. The highest BCUT2D eigenvalue weighted by Crippen LogP contribution is 2.16. The van der Waals surface area contributed by atoms with Gasteiger partial charge in [-0.15, -0.1) is 0 Å². The molecule has 0 aliphatic carbocycles. The Morgan fingerprint density at radius 1 is 1.23 bits per heavy atom. The van der Waals surface area contributed by atoms with Gasteiger partial charge in [-0.25, -0.2) is 13.4 Å². The van der Waals surface area contributed by atoms with Gasteiger partial charge in [0.2, 0.25) is 0 Å². The van der Waals surface area contributed by atoms with E-state index in [9.17, 15) is 8.42 Å². The number of hydrogen-bond acceptors (Lipinski definition) is 5. The molecule has 0 bridgehead atoms. The van der Waals surface area contributed by atoms with Gasteiger partial charge in [0.25, 0.3) is 0 Å². The average Bonchev–Trinajstić information content (AvgIpc) is 2.61. The Morgan fingerprint density at radius 3 is 2.46 bits per heavy atom. The molecule has 8 heteroatoms. The minimum atomic E-state index is -3.15. The molecule has 1 aromatic heterocycles. The number of guanidine groups is 1. The number of aromatic nitrogens is 1. The monoisotopic (exact) mass is 381 g/mol. The molecule has 2 heterocycles. The van der Waals surface area contributed by atoms with Crippen molar-refractivity contribution in [2.24, 2.45) is 4.99 Å². The van der Waals surface area contributed by atoms with Crippen LogP contribution in [0.2, 0.25) is 0 Å². The number of piperazine rings is 1. The maximum atomic E-state index is 12.3. The van der Waals surface area contributed by atoms with E-state index in [1.54, 1.807) is 20.8 Å². The topological polar surface area (TPSA) is 77.9 Å².